The molecule has 6 nitrogen and oxygen atoms in total. The molecule has 2 aromatic rings. The van der Waals surface area contributed by atoms with E-state index < -0.39 is 5.60 Å². The molecule has 3 rings (SSSR count). The van der Waals surface area contributed by atoms with Crippen molar-refractivity contribution < 1.29 is 14.3 Å². The molecular weight excluding hydrogens is 318 g/mol. The molecule has 0 N–H and O–H groups in total. The quantitative estimate of drug-likeness (QED) is 0.851. The van der Waals surface area contributed by atoms with Crippen molar-refractivity contribution in [2.45, 2.75) is 39.2 Å². The molecule has 6 heteroatoms. The monoisotopic (exact) mass is 343 g/mol. The van der Waals surface area contributed by atoms with Crippen molar-refractivity contribution in [2.24, 2.45) is 5.92 Å². The van der Waals surface area contributed by atoms with Crippen LogP contribution in [0.2, 0.25) is 0 Å². The summed E-state index contributed by atoms with van der Waals surface area (Å²) < 4.78 is 11.5. The average Bonchev–Trinajstić information content (AvgIpc) is 2.59. The van der Waals surface area contributed by atoms with Gasteiger partial charge in [0.25, 0.3) is 0 Å². The summed E-state index contributed by atoms with van der Waals surface area (Å²) >= 11 is 0. The summed E-state index contributed by atoms with van der Waals surface area (Å²) in [5.41, 5.74) is 0.431. The fourth-order valence-corrected chi connectivity index (χ4v) is 2.92. The lowest BCUT2D eigenvalue weighted by atomic mass is 9.98. The molecule has 0 aliphatic carbocycles. The van der Waals surface area contributed by atoms with Crippen LogP contribution in [0.4, 0.5) is 4.79 Å². The zero-order valence-corrected chi connectivity index (χ0v) is 15.1. The van der Waals surface area contributed by atoms with Gasteiger partial charge in [-0.3, -0.25) is 0 Å². The summed E-state index contributed by atoms with van der Waals surface area (Å²) in [5, 5.41) is 0.927. The van der Waals surface area contributed by atoms with Crippen LogP contribution < -0.4 is 4.74 Å². The molecule has 1 amide bonds. The highest BCUT2D eigenvalue weighted by molar-refractivity contribution is 5.83. The molecular formula is C19H25N3O3. The highest BCUT2D eigenvalue weighted by Crippen LogP contribution is 2.25. The number of fused-ring (bicyclic) bond motifs is 1. The van der Waals surface area contributed by atoms with Crippen LogP contribution in [0.5, 0.6) is 5.75 Å². The van der Waals surface area contributed by atoms with Crippen LogP contribution in [0.25, 0.3) is 10.9 Å². The van der Waals surface area contributed by atoms with Gasteiger partial charge in [-0.1, -0.05) is 6.07 Å². The Hall–Kier alpha value is -2.37. The lowest BCUT2D eigenvalue weighted by molar-refractivity contribution is 0.0165. The van der Waals surface area contributed by atoms with Crippen LogP contribution in [0.3, 0.4) is 0 Å². The summed E-state index contributed by atoms with van der Waals surface area (Å²) in [6.07, 6.45) is 4.93. The van der Waals surface area contributed by atoms with Gasteiger partial charge in [0.1, 0.15) is 17.7 Å². The van der Waals surface area contributed by atoms with E-state index in [2.05, 4.69) is 9.97 Å². The first kappa shape index (κ1) is 17.5. The summed E-state index contributed by atoms with van der Waals surface area (Å²) in [6.45, 7) is 7.72. The van der Waals surface area contributed by atoms with Gasteiger partial charge in [-0.05, 0) is 51.7 Å². The number of benzene rings is 1. The van der Waals surface area contributed by atoms with Crippen LogP contribution in [0.1, 0.15) is 33.6 Å². The van der Waals surface area contributed by atoms with E-state index >= 15 is 0 Å². The van der Waals surface area contributed by atoms with Crippen LogP contribution in [0, 0.1) is 5.92 Å². The third kappa shape index (κ3) is 4.59. The summed E-state index contributed by atoms with van der Waals surface area (Å²) in [4.78, 5) is 22.2. The van der Waals surface area contributed by atoms with Gasteiger partial charge < -0.3 is 14.4 Å². The standard InChI is InChI=1S/C19H25N3O3/c1-19(2,3)25-18(23)22-9-7-14(8-10-22)12-24-17-6-4-5-16-15(17)11-20-13-21-16/h4-6,11,13-14H,7-10,12H2,1-3H3. The highest BCUT2D eigenvalue weighted by Gasteiger charge is 2.27. The van der Waals surface area contributed by atoms with E-state index in [1.165, 1.54) is 0 Å². The van der Waals surface area contributed by atoms with Crippen molar-refractivity contribution in [1.82, 2.24) is 14.9 Å². The normalized spacial score (nSPS) is 16.0. The number of carbonyl (C=O) groups is 1. The van der Waals surface area contributed by atoms with Crippen LogP contribution in [0.15, 0.2) is 30.7 Å². The molecule has 2 heterocycles. The second-order valence-electron chi connectivity index (χ2n) is 7.43. The maximum absolute atomic E-state index is 12.1. The zero-order valence-electron chi connectivity index (χ0n) is 15.1. The number of nitrogens with zero attached hydrogens (tertiary/aromatic N) is 3. The van der Waals surface area contributed by atoms with E-state index in [-0.39, 0.29) is 6.09 Å². The molecule has 1 fully saturated rings. The van der Waals surface area contributed by atoms with Crippen LogP contribution >= 0.6 is 0 Å². The first-order valence-electron chi connectivity index (χ1n) is 8.72. The van der Waals surface area contributed by atoms with Gasteiger partial charge in [0.2, 0.25) is 0 Å². The van der Waals surface area contributed by atoms with Gasteiger partial charge in [-0.25, -0.2) is 14.8 Å². The maximum Gasteiger partial charge on any atom is 0.410 e. The fraction of sp³-hybridized carbons (Fsp3) is 0.526. The molecule has 134 valence electrons. The summed E-state index contributed by atoms with van der Waals surface area (Å²) in [6, 6.07) is 5.83. The molecule has 0 unspecified atom stereocenters. The van der Waals surface area contributed by atoms with Crippen molar-refractivity contribution in [2.75, 3.05) is 19.7 Å². The van der Waals surface area contributed by atoms with Crippen molar-refractivity contribution in [1.29, 1.82) is 0 Å². The first-order chi connectivity index (χ1) is 11.9. The number of amides is 1. The third-order valence-corrected chi connectivity index (χ3v) is 4.25. The molecule has 25 heavy (non-hydrogen) atoms. The van der Waals surface area contributed by atoms with Crippen LogP contribution in [-0.4, -0.2) is 46.3 Å². The third-order valence-electron chi connectivity index (χ3n) is 4.25. The number of carbonyl (C=O) groups excluding carboxylic acids is 1. The molecule has 0 bridgehead atoms. The van der Waals surface area contributed by atoms with Crippen LogP contribution in [-0.2, 0) is 4.74 Å². The smallest absolute Gasteiger partial charge is 0.410 e. The van der Waals surface area contributed by atoms with Gasteiger partial charge >= 0.3 is 6.09 Å². The SMILES string of the molecule is CC(C)(C)OC(=O)N1CCC(COc2cccc3ncncc23)CC1. The van der Waals surface area contributed by atoms with Crippen molar-refractivity contribution in [3.8, 4) is 5.75 Å². The lowest BCUT2D eigenvalue weighted by Gasteiger charge is -2.33. The molecule has 1 aliphatic heterocycles. The Morgan fingerprint density at radius 2 is 2.04 bits per heavy atom. The summed E-state index contributed by atoms with van der Waals surface area (Å²) in [5.74, 6) is 1.24. The van der Waals surface area contributed by atoms with Crippen molar-refractivity contribution in [3.63, 3.8) is 0 Å². The Morgan fingerprint density at radius 3 is 2.76 bits per heavy atom. The fourth-order valence-electron chi connectivity index (χ4n) is 2.92. The van der Waals surface area contributed by atoms with Gasteiger partial charge in [-0.15, -0.1) is 0 Å². The van der Waals surface area contributed by atoms with Gasteiger partial charge in [0, 0.05) is 19.3 Å². The Balaban J connectivity index is 1.52. The summed E-state index contributed by atoms with van der Waals surface area (Å²) in [7, 11) is 0. The Morgan fingerprint density at radius 1 is 1.28 bits per heavy atom. The molecule has 1 aromatic heterocycles. The predicted octanol–water partition coefficient (Wildman–Crippen LogP) is 3.66. The van der Waals surface area contributed by atoms with Crippen molar-refractivity contribution in [3.05, 3.63) is 30.7 Å². The topological polar surface area (TPSA) is 64.5 Å². The molecule has 1 aromatic carbocycles. The van der Waals surface area contributed by atoms with Gasteiger partial charge in [0.15, 0.2) is 0 Å². The predicted molar refractivity (Wildman–Crippen MR) is 95.6 cm³/mol. The largest absolute Gasteiger partial charge is 0.493 e. The second-order valence-corrected chi connectivity index (χ2v) is 7.43. The highest BCUT2D eigenvalue weighted by atomic mass is 16.6. The average molecular weight is 343 g/mol. The molecule has 0 saturated carbocycles. The first-order valence-corrected chi connectivity index (χ1v) is 8.72. The number of aromatic nitrogens is 2. The lowest BCUT2D eigenvalue weighted by Crippen LogP contribution is -2.42. The molecule has 0 radical (unpaired) electrons. The maximum atomic E-state index is 12.1. The van der Waals surface area contributed by atoms with E-state index in [9.17, 15) is 4.79 Å². The van der Waals surface area contributed by atoms with Gasteiger partial charge in [0.05, 0.1) is 17.5 Å². The molecule has 0 atom stereocenters. The Bertz CT molecular complexity index is 729. The zero-order chi connectivity index (χ0) is 17.9. The van der Waals surface area contributed by atoms with E-state index in [0.29, 0.717) is 25.6 Å². The molecule has 1 aliphatic rings. The number of ether oxygens (including phenoxy) is 2. The Labute approximate surface area is 148 Å². The van der Waals surface area contributed by atoms with Gasteiger partial charge in [-0.2, -0.15) is 0 Å². The van der Waals surface area contributed by atoms with E-state index in [0.717, 1.165) is 29.5 Å². The minimum atomic E-state index is -0.451. The van der Waals surface area contributed by atoms with E-state index in [4.69, 9.17) is 9.47 Å². The number of piperidine rings is 1. The van der Waals surface area contributed by atoms with E-state index in [1.54, 1.807) is 17.4 Å². The van der Waals surface area contributed by atoms with Crippen molar-refractivity contribution >= 4 is 17.0 Å². The number of hydrogen-bond acceptors (Lipinski definition) is 5. The van der Waals surface area contributed by atoms with E-state index in [1.807, 2.05) is 39.0 Å². The minimum absolute atomic E-state index is 0.224. The number of likely N-dealkylation sites (tertiary alicyclic amines) is 1. The second kappa shape index (κ2) is 7.25. The number of rotatable bonds is 3. The number of hydrogen-bond donors (Lipinski definition) is 0. The molecule has 1 saturated heterocycles. The minimum Gasteiger partial charge on any atom is -0.493 e. The molecule has 0 spiro atoms. The Kier molecular flexibility index (Phi) is 5.06.